The van der Waals surface area contributed by atoms with Crippen LogP contribution in [0.5, 0.6) is 0 Å². The molecule has 1 amide bonds. The Hall–Kier alpha value is -2.19. The highest BCUT2D eigenvalue weighted by molar-refractivity contribution is 7.89. The van der Waals surface area contributed by atoms with Gasteiger partial charge < -0.3 is 9.64 Å². The van der Waals surface area contributed by atoms with E-state index in [4.69, 9.17) is 4.74 Å². The third-order valence-corrected chi connectivity index (χ3v) is 6.98. The molecule has 0 radical (unpaired) electrons. The molecule has 7 nitrogen and oxygen atoms in total. The van der Waals surface area contributed by atoms with Crippen molar-refractivity contribution in [2.45, 2.75) is 37.3 Å². The first-order valence-corrected chi connectivity index (χ1v) is 10.4. The summed E-state index contributed by atoms with van der Waals surface area (Å²) in [5, 5.41) is 1.45. The third kappa shape index (κ3) is 3.17. The largest absolute Gasteiger partial charge is 0.444 e. The summed E-state index contributed by atoms with van der Waals surface area (Å²) in [5.74, 6) is 0.156. The van der Waals surface area contributed by atoms with Gasteiger partial charge in [-0.1, -0.05) is 12.1 Å². The van der Waals surface area contributed by atoms with Crippen molar-refractivity contribution in [3.05, 3.63) is 36.7 Å². The van der Waals surface area contributed by atoms with Crippen molar-refractivity contribution < 1.29 is 17.9 Å². The number of likely N-dealkylation sites (tertiary alicyclic amines) is 1. The summed E-state index contributed by atoms with van der Waals surface area (Å²) in [6.07, 6.45) is 2.88. The molecule has 2 fully saturated rings. The highest BCUT2D eigenvalue weighted by Gasteiger charge is 2.52. The molecule has 2 aliphatic heterocycles. The van der Waals surface area contributed by atoms with Crippen molar-refractivity contribution in [1.29, 1.82) is 0 Å². The van der Waals surface area contributed by atoms with E-state index in [2.05, 4.69) is 4.98 Å². The Morgan fingerprint density at radius 1 is 1.19 bits per heavy atom. The maximum absolute atomic E-state index is 13.2. The van der Waals surface area contributed by atoms with Crippen LogP contribution in [0.1, 0.15) is 20.8 Å². The topological polar surface area (TPSA) is 79.8 Å². The fourth-order valence-corrected chi connectivity index (χ4v) is 5.51. The first-order chi connectivity index (χ1) is 12.7. The number of amides is 1. The molecular weight excluding hydrogens is 366 g/mol. The average molecular weight is 389 g/mol. The number of hydrogen-bond acceptors (Lipinski definition) is 5. The van der Waals surface area contributed by atoms with Crippen LogP contribution in [0.4, 0.5) is 4.79 Å². The molecule has 1 aromatic heterocycles. The number of carbonyl (C=O) groups is 1. The minimum Gasteiger partial charge on any atom is -0.444 e. The second-order valence-corrected chi connectivity index (χ2v) is 10.0. The van der Waals surface area contributed by atoms with Crippen LogP contribution in [0.3, 0.4) is 0 Å². The molecule has 0 saturated carbocycles. The van der Waals surface area contributed by atoms with Gasteiger partial charge >= 0.3 is 6.09 Å². The number of carbonyl (C=O) groups excluding carboxylic acids is 1. The number of aromatic nitrogens is 1. The fourth-order valence-electron chi connectivity index (χ4n) is 3.78. The number of sulfonamides is 1. The van der Waals surface area contributed by atoms with Gasteiger partial charge in [-0.15, -0.1) is 0 Å². The van der Waals surface area contributed by atoms with Crippen LogP contribution in [0.15, 0.2) is 41.6 Å². The maximum Gasteiger partial charge on any atom is 0.410 e. The van der Waals surface area contributed by atoms with E-state index in [-0.39, 0.29) is 22.9 Å². The SMILES string of the molecule is CC(C)(C)OC(=O)N1C[C@@H]2CN(S(=O)(=O)c3cccc4cnccc34)C[C@@H]21. The van der Waals surface area contributed by atoms with Gasteiger partial charge in [-0.25, -0.2) is 13.2 Å². The monoisotopic (exact) mass is 389 g/mol. The van der Waals surface area contributed by atoms with E-state index in [1.165, 1.54) is 4.31 Å². The Kier molecular flexibility index (Phi) is 4.16. The van der Waals surface area contributed by atoms with Crippen LogP contribution in [0, 0.1) is 5.92 Å². The highest BCUT2D eigenvalue weighted by Crippen LogP contribution is 2.37. The zero-order chi connectivity index (χ0) is 19.4. The second kappa shape index (κ2) is 6.17. The van der Waals surface area contributed by atoms with E-state index in [0.29, 0.717) is 25.0 Å². The lowest BCUT2D eigenvalue weighted by molar-refractivity contribution is -0.0164. The van der Waals surface area contributed by atoms with Crippen molar-refractivity contribution in [1.82, 2.24) is 14.2 Å². The van der Waals surface area contributed by atoms with E-state index < -0.39 is 15.6 Å². The summed E-state index contributed by atoms with van der Waals surface area (Å²) in [6.45, 7) is 6.72. The Morgan fingerprint density at radius 3 is 2.70 bits per heavy atom. The third-order valence-electron chi connectivity index (χ3n) is 5.09. The Bertz CT molecular complexity index is 994. The standard InChI is InChI=1S/C19H23N3O4S/c1-19(2,3)26-18(23)22-11-14-10-21(12-16(14)22)27(24,25)17-6-4-5-13-9-20-8-7-15(13)17/h4-9,14,16H,10-12H2,1-3H3/t14-,16-/m0/s1. The molecule has 3 heterocycles. The van der Waals surface area contributed by atoms with E-state index in [1.54, 1.807) is 35.5 Å². The van der Waals surface area contributed by atoms with Gasteiger partial charge in [0.25, 0.3) is 0 Å². The summed E-state index contributed by atoms with van der Waals surface area (Å²) in [5.41, 5.74) is -0.566. The molecule has 27 heavy (non-hydrogen) atoms. The molecule has 0 unspecified atom stereocenters. The normalized spacial score (nSPS) is 23.1. The lowest BCUT2D eigenvalue weighted by Crippen LogP contribution is -2.59. The Labute approximate surface area is 159 Å². The van der Waals surface area contributed by atoms with Crippen LogP contribution in [0.25, 0.3) is 10.8 Å². The van der Waals surface area contributed by atoms with E-state index in [0.717, 1.165) is 5.39 Å². The molecule has 0 aliphatic carbocycles. The zero-order valence-corrected chi connectivity index (χ0v) is 16.4. The van der Waals surface area contributed by atoms with Crippen LogP contribution in [-0.4, -0.2) is 60.0 Å². The van der Waals surface area contributed by atoms with Gasteiger partial charge in [-0.05, 0) is 32.9 Å². The van der Waals surface area contributed by atoms with Crippen molar-refractivity contribution in [3.63, 3.8) is 0 Å². The molecule has 2 saturated heterocycles. The van der Waals surface area contributed by atoms with Crippen molar-refractivity contribution in [2.75, 3.05) is 19.6 Å². The van der Waals surface area contributed by atoms with Crippen LogP contribution < -0.4 is 0 Å². The number of rotatable bonds is 2. The molecule has 0 bridgehead atoms. The van der Waals surface area contributed by atoms with E-state index in [1.807, 2.05) is 26.8 Å². The van der Waals surface area contributed by atoms with Crippen molar-refractivity contribution in [2.24, 2.45) is 5.92 Å². The van der Waals surface area contributed by atoms with Crippen LogP contribution >= 0.6 is 0 Å². The number of benzene rings is 1. The number of nitrogens with zero attached hydrogens (tertiary/aromatic N) is 3. The quantitative estimate of drug-likeness (QED) is 0.788. The van der Waals surface area contributed by atoms with Gasteiger partial charge in [-0.3, -0.25) is 4.98 Å². The van der Waals surface area contributed by atoms with Crippen molar-refractivity contribution in [3.8, 4) is 0 Å². The molecule has 4 rings (SSSR count). The maximum atomic E-state index is 13.2. The summed E-state index contributed by atoms with van der Waals surface area (Å²) < 4.78 is 33.4. The second-order valence-electron chi connectivity index (χ2n) is 8.14. The highest BCUT2D eigenvalue weighted by atomic mass is 32.2. The minimum atomic E-state index is -3.65. The zero-order valence-electron chi connectivity index (χ0n) is 15.6. The predicted octanol–water partition coefficient (Wildman–Crippen LogP) is 2.47. The molecule has 8 heteroatoms. The molecule has 1 aromatic carbocycles. The average Bonchev–Trinajstić information content (AvgIpc) is 2.90. The van der Waals surface area contributed by atoms with Gasteiger partial charge in [0.2, 0.25) is 10.0 Å². The first-order valence-electron chi connectivity index (χ1n) is 8.99. The van der Waals surface area contributed by atoms with E-state index in [9.17, 15) is 13.2 Å². The number of ether oxygens (including phenoxy) is 1. The van der Waals surface area contributed by atoms with E-state index >= 15 is 0 Å². The van der Waals surface area contributed by atoms with Gasteiger partial charge in [0, 0.05) is 48.7 Å². The fraction of sp³-hybridized carbons (Fsp3) is 0.474. The summed E-state index contributed by atoms with van der Waals surface area (Å²) in [6, 6.07) is 6.81. The van der Waals surface area contributed by atoms with Crippen molar-refractivity contribution >= 4 is 26.9 Å². The molecular formula is C19H23N3O4S. The molecule has 144 valence electrons. The Morgan fingerprint density at radius 2 is 1.96 bits per heavy atom. The molecule has 2 aromatic rings. The number of hydrogen-bond donors (Lipinski definition) is 0. The number of pyridine rings is 1. The van der Waals surface area contributed by atoms with Gasteiger partial charge in [-0.2, -0.15) is 4.31 Å². The van der Waals surface area contributed by atoms with Crippen LogP contribution in [-0.2, 0) is 14.8 Å². The summed E-state index contributed by atoms with van der Waals surface area (Å²) in [7, 11) is -3.65. The van der Waals surface area contributed by atoms with Gasteiger partial charge in [0.1, 0.15) is 5.60 Å². The smallest absolute Gasteiger partial charge is 0.410 e. The minimum absolute atomic E-state index is 0.119. The number of fused-ring (bicyclic) bond motifs is 2. The van der Waals surface area contributed by atoms with Gasteiger partial charge in [0.15, 0.2) is 0 Å². The van der Waals surface area contributed by atoms with Crippen LogP contribution in [0.2, 0.25) is 0 Å². The predicted molar refractivity (Wildman–Crippen MR) is 101 cm³/mol. The summed E-state index contributed by atoms with van der Waals surface area (Å²) in [4.78, 5) is 18.3. The lowest BCUT2D eigenvalue weighted by Gasteiger charge is -2.43. The molecule has 2 aliphatic rings. The molecule has 2 atom stereocenters. The first kappa shape index (κ1) is 18.2. The summed E-state index contributed by atoms with van der Waals surface area (Å²) >= 11 is 0. The Balaban J connectivity index is 1.56. The van der Waals surface area contributed by atoms with Gasteiger partial charge in [0.05, 0.1) is 10.9 Å². The molecule has 0 N–H and O–H groups in total. The lowest BCUT2D eigenvalue weighted by atomic mass is 9.93. The molecule has 0 spiro atoms.